The van der Waals surface area contributed by atoms with Gasteiger partial charge in [-0.25, -0.2) is 0 Å². The van der Waals surface area contributed by atoms with E-state index in [2.05, 4.69) is 0 Å². The van der Waals surface area contributed by atoms with Gasteiger partial charge < -0.3 is 0 Å². The molecule has 3 aromatic rings. The van der Waals surface area contributed by atoms with Crippen LogP contribution in [-0.4, -0.2) is 18.3 Å². The van der Waals surface area contributed by atoms with Crippen molar-refractivity contribution in [3.05, 3.63) is 64.7 Å². The first-order valence-corrected chi connectivity index (χ1v) is 6.75. The molecule has 2 aromatic carbocycles. The third-order valence-corrected chi connectivity index (χ3v) is 4.87. The molecule has 0 aliphatic carbocycles. The Hall–Kier alpha value is -1.64. The zero-order valence-corrected chi connectivity index (χ0v) is 10.5. The average Bonchev–Trinajstić information content (AvgIpc) is 2.68. The fourth-order valence-electron chi connectivity index (χ4n) is 1.74. The maximum atomic E-state index is 13.1. The molecule has 0 amide bonds. The molecule has 1 aromatic heterocycles. The molecule has 3 rings (SSSR count). The molecule has 0 bridgehead atoms. The maximum absolute atomic E-state index is 13.1. The van der Waals surface area contributed by atoms with E-state index in [1.54, 1.807) is 15.7 Å². The second kappa shape index (κ2) is 3.99. The zero-order chi connectivity index (χ0) is 11.8. The van der Waals surface area contributed by atoms with Crippen LogP contribution in [0.25, 0.3) is 15.3 Å². The van der Waals surface area contributed by atoms with Gasteiger partial charge in [-0.15, -0.1) is 0 Å². The van der Waals surface area contributed by atoms with Crippen molar-refractivity contribution in [1.82, 2.24) is 3.56 Å². The Morgan fingerprint density at radius 2 is 1.88 bits per heavy atom. The first kappa shape index (κ1) is 10.5. The van der Waals surface area contributed by atoms with Gasteiger partial charge in [0, 0.05) is 0 Å². The van der Waals surface area contributed by atoms with E-state index in [1.165, 1.54) is 12.1 Å². The molecule has 0 aliphatic heterocycles. The van der Waals surface area contributed by atoms with Crippen LogP contribution >= 0.6 is 0 Å². The van der Waals surface area contributed by atoms with Crippen LogP contribution in [0.5, 0.6) is 0 Å². The number of nitrogens with zero attached hydrogens (tertiary/aromatic N) is 1. The predicted octanol–water partition coefficient (Wildman–Crippen LogP) is 2.19. The predicted molar refractivity (Wildman–Crippen MR) is 66.4 cm³/mol. The van der Waals surface area contributed by atoms with E-state index in [0.29, 0.717) is 5.69 Å². The second-order valence-corrected chi connectivity index (χ2v) is 5.74. The zero-order valence-electron chi connectivity index (χ0n) is 8.76. The van der Waals surface area contributed by atoms with Crippen LogP contribution in [-0.2, 0) is 0 Å². The molecule has 0 radical (unpaired) electrons. The van der Waals surface area contributed by atoms with Gasteiger partial charge in [0.2, 0.25) is 0 Å². The molecular formula is C13H8FNOSe. The van der Waals surface area contributed by atoms with Crippen LogP contribution in [0.4, 0.5) is 4.39 Å². The molecule has 0 aliphatic rings. The summed E-state index contributed by atoms with van der Waals surface area (Å²) in [6.07, 6.45) is 0. The Morgan fingerprint density at radius 3 is 2.65 bits per heavy atom. The van der Waals surface area contributed by atoms with E-state index < -0.39 is 0 Å². The van der Waals surface area contributed by atoms with Crippen LogP contribution < -0.4 is 5.56 Å². The van der Waals surface area contributed by atoms with Gasteiger partial charge in [0.05, 0.1) is 0 Å². The normalized spacial score (nSPS) is 10.9. The number of hydrogen-bond acceptors (Lipinski definition) is 1. The molecule has 0 atom stereocenters. The Bertz CT molecular complexity index is 744. The Balaban J connectivity index is 2.31. The topological polar surface area (TPSA) is 22.0 Å². The number of fused-ring (bicyclic) bond motifs is 1. The quantitative estimate of drug-likeness (QED) is 0.630. The summed E-state index contributed by atoms with van der Waals surface area (Å²) in [5.41, 5.74) is 0.595. The molecular weight excluding hydrogens is 284 g/mol. The van der Waals surface area contributed by atoms with E-state index in [4.69, 9.17) is 0 Å². The SMILES string of the molecule is O=c1c2ccccc2[se]n1-c1cccc(F)c1. The van der Waals surface area contributed by atoms with Crippen molar-refractivity contribution in [2.24, 2.45) is 0 Å². The molecule has 0 N–H and O–H groups in total. The van der Waals surface area contributed by atoms with Crippen LogP contribution in [0.1, 0.15) is 0 Å². The van der Waals surface area contributed by atoms with Crippen molar-refractivity contribution in [2.45, 2.75) is 0 Å². The molecule has 2 nitrogen and oxygen atoms in total. The first-order valence-electron chi connectivity index (χ1n) is 5.13. The molecule has 0 saturated heterocycles. The van der Waals surface area contributed by atoms with Gasteiger partial charge in [0.1, 0.15) is 0 Å². The van der Waals surface area contributed by atoms with Crippen LogP contribution in [0, 0.1) is 5.82 Å². The minimum absolute atomic E-state index is 0.0359. The summed E-state index contributed by atoms with van der Waals surface area (Å²) in [6, 6.07) is 13.7. The van der Waals surface area contributed by atoms with E-state index in [-0.39, 0.29) is 26.1 Å². The fourth-order valence-corrected chi connectivity index (χ4v) is 3.82. The van der Waals surface area contributed by atoms with Gasteiger partial charge in [-0.3, -0.25) is 0 Å². The first-order chi connectivity index (χ1) is 8.25. The number of hydrogen-bond donors (Lipinski definition) is 0. The third-order valence-electron chi connectivity index (χ3n) is 2.53. The van der Waals surface area contributed by atoms with Crippen molar-refractivity contribution in [1.29, 1.82) is 0 Å². The Kier molecular flexibility index (Phi) is 2.46. The number of rotatable bonds is 1. The van der Waals surface area contributed by atoms with Crippen LogP contribution in [0.3, 0.4) is 0 Å². The van der Waals surface area contributed by atoms with Gasteiger partial charge in [-0.2, -0.15) is 0 Å². The standard InChI is InChI=1S/C13H8FNOSe/c14-9-4-3-5-10(8-9)15-13(16)11-6-1-2-7-12(11)17-15/h1-8H. The van der Waals surface area contributed by atoms with Gasteiger partial charge in [-0.05, 0) is 0 Å². The van der Waals surface area contributed by atoms with Crippen molar-refractivity contribution in [3.8, 4) is 5.69 Å². The molecule has 0 fully saturated rings. The molecule has 0 unspecified atom stereocenters. The van der Waals surface area contributed by atoms with Crippen LogP contribution in [0.15, 0.2) is 53.3 Å². The summed E-state index contributed by atoms with van der Waals surface area (Å²) >= 11 is -0.0958. The number of benzene rings is 2. The van der Waals surface area contributed by atoms with Gasteiger partial charge in [-0.1, -0.05) is 0 Å². The van der Waals surface area contributed by atoms with Crippen molar-refractivity contribution >= 4 is 24.4 Å². The second-order valence-electron chi connectivity index (χ2n) is 3.67. The van der Waals surface area contributed by atoms with E-state index in [0.717, 1.165) is 9.65 Å². The summed E-state index contributed by atoms with van der Waals surface area (Å²) in [6.45, 7) is 0. The average molecular weight is 292 g/mol. The van der Waals surface area contributed by atoms with Gasteiger partial charge in [0.25, 0.3) is 0 Å². The molecule has 1 heterocycles. The van der Waals surface area contributed by atoms with Gasteiger partial charge in [0.15, 0.2) is 0 Å². The van der Waals surface area contributed by atoms with E-state index in [9.17, 15) is 9.18 Å². The monoisotopic (exact) mass is 293 g/mol. The van der Waals surface area contributed by atoms with E-state index in [1.807, 2.05) is 24.3 Å². The summed E-state index contributed by atoms with van der Waals surface area (Å²) < 4.78 is 15.8. The Labute approximate surface area is 103 Å². The summed E-state index contributed by atoms with van der Waals surface area (Å²) in [5.74, 6) is -0.318. The van der Waals surface area contributed by atoms with Crippen LogP contribution in [0.2, 0.25) is 0 Å². The Morgan fingerprint density at radius 1 is 1.06 bits per heavy atom. The number of aromatic nitrogens is 1. The fraction of sp³-hybridized carbons (Fsp3) is 0. The summed E-state index contributed by atoms with van der Waals surface area (Å²) in [7, 11) is 0. The van der Waals surface area contributed by atoms with Crippen molar-refractivity contribution in [2.75, 3.05) is 0 Å². The third kappa shape index (κ3) is 1.75. The molecule has 4 heteroatoms. The van der Waals surface area contributed by atoms with E-state index >= 15 is 0 Å². The van der Waals surface area contributed by atoms with Crippen molar-refractivity contribution < 1.29 is 4.39 Å². The summed E-state index contributed by atoms with van der Waals surface area (Å²) in [5, 5.41) is 0.733. The van der Waals surface area contributed by atoms with Crippen molar-refractivity contribution in [3.63, 3.8) is 0 Å². The molecule has 84 valence electrons. The summed E-state index contributed by atoms with van der Waals surface area (Å²) in [4.78, 5) is 12.1. The molecule has 17 heavy (non-hydrogen) atoms. The molecule has 0 spiro atoms. The molecule has 0 saturated carbocycles. The van der Waals surface area contributed by atoms with Gasteiger partial charge >= 0.3 is 103 Å². The number of halogens is 1. The minimum atomic E-state index is -0.318.